The number of aryl methyl sites for hydroxylation is 1. The molecule has 10 heteroatoms. The van der Waals surface area contributed by atoms with Gasteiger partial charge in [-0.1, -0.05) is 109 Å². The van der Waals surface area contributed by atoms with Gasteiger partial charge >= 0.3 is 0 Å². The van der Waals surface area contributed by atoms with Crippen molar-refractivity contribution in [3.05, 3.63) is 125 Å². The molecule has 2 aromatic heterocycles. The molecule has 0 aliphatic carbocycles. The lowest BCUT2D eigenvalue weighted by Crippen LogP contribution is -2.31. The van der Waals surface area contributed by atoms with Crippen LogP contribution in [0.3, 0.4) is 0 Å². The first-order chi connectivity index (χ1) is 22.0. The van der Waals surface area contributed by atoms with E-state index in [9.17, 15) is 14.7 Å². The fourth-order valence-electron chi connectivity index (χ4n) is 5.64. The first-order valence-corrected chi connectivity index (χ1v) is 16.2. The van der Waals surface area contributed by atoms with Crippen molar-refractivity contribution in [2.75, 3.05) is 12.0 Å². The summed E-state index contributed by atoms with van der Waals surface area (Å²) in [4.78, 5) is 29.1. The fourth-order valence-corrected chi connectivity index (χ4v) is 7.51. The third kappa shape index (κ3) is 5.15. The molecule has 224 valence electrons. The zero-order valence-electron chi connectivity index (χ0n) is 24.4. The number of anilines is 1. The number of carbonyl (C=O) groups is 2. The van der Waals surface area contributed by atoms with Gasteiger partial charge in [-0.15, -0.1) is 10.2 Å². The number of rotatable bonds is 9. The van der Waals surface area contributed by atoms with E-state index in [1.807, 2.05) is 42.5 Å². The van der Waals surface area contributed by atoms with Crippen LogP contribution < -0.4 is 9.64 Å². The molecule has 1 atom stereocenters. The molecule has 7 rings (SSSR count). The number of aliphatic hydroxyl groups excluding tert-OH is 1. The highest BCUT2D eigenvalue weighted by atomic mass is 32.2. The fraction of sp³-hybridized carbons (Fsp3) is 0.143. The molecule has 1 aliphatic heterocycles. The van der Waals surface area contributed by atoms with Crippen molar-refractivity contribution >= 4 is 61.7 Å². The van der Waals surface area contributed by atoms with Crippen molar-refractivity contribution in [3.63, 3.8) is 0 Å². The molecule has 8 nitrogen and oxygen atoms in total. The Morgan fingerprint density at radius 1 is 1.00 bits per heavy atom. The minimum Gasteiger partial charge on any atom is -0.503 e. The molecule has 6 aromatic rings. The molecule has 0 saturated carbocycles. The van der Waals surface area contributed by atoms with E-state index in [2.05, 4.69) is 41.4 Å². The van der Waals surface area contributed by atoms with Gasteiger partial charge in [-0.25, -0.2) is 0 Å². The maximum absolute atomic E-state index is 14.1. The monoisotopic (exact) mass is 633 g/mol. The Balaban J connectivity index is 1.24. The summed E-state index contributed by atoms with van der Waals surface area (Å²) in [7, 11) is 1.52. The third-order valence-corrected chi connectivity index (χ3v) is 10.0. The lowest BCUT2D eigenvalue weighted by Gasteiger charge is -2.24. The molecule has 1 amide bonds. The number of furan rings is 1. The number of amides is 1. The number of nitrogens with zero attached hydrogens (tertiary/aromatic N) is 3. The topological polar surface area (TPSA) is 106 Å². The van der Waals surface area contributed by atoms with E-state index in [4.69, 9.17) is 9.15 Å². The van der Waals surface area contributed by atoms with Crippen LogP contribution in [0.4, 0.5) is 5.13 Å². The minimum absolute atomic E-state index is 0.00975. The van der Waals surface area contributed by atoms with Crippen LogP contribution in [-0.4, -0.2) is 34.1 Å². The van der Waals surface area contributed by atoms with Gasteiger partial charge < -0.3 is 14.3 Å². The summed E-state index contributed by atoms with van der Waals surface area (Å²) in [5.41, 5.74) is 3.24. The number of thioether (sulfide) groups is 1. The van der Waals surface area contributed by atoms with Crippen LogP contribution in [0.25, 0.3) is 21.7 Å². The summed E-state index contributed by atoms with van der Waals surface area (Å²) in [5, 5.41) is 23.2. The van der Waals surface area contributed by atoms with Crippen LogP contribution >= 0.6 is 23.1 Å². The minimum atomic E-state index is -0.935. The smallest absolute Gasteiger partial charge is 0.296 e. The standard InChI is InChI=1S/C35H27N3O5S2/c1-3-20-14-16-22(17-15-20)29-28(30(39)27-18-23-10-7-13-26(42-2)32(23)43-27)31(40)33(41)38(29)34-36-37-35(45-34)44-19-24-11-6-9-21-8-4-5-12-25(21)24/h4-18,29,40H,3,19H2,1-2H3. The van der Waals surface area contributed by atoms with Gasteiger partial charge in [0.1, 0.15) is 0 Å². The van der Waals surface area contributed by atoms with Crippen LogP contribution in [0, 0.1) is 0 Å². The Morgan fingerprint density at radius 3 is 2.56 bits per heavy atom. The first-order valence-electron chi connectivity index (χ1n) is 14.4. The number of ether oxygens (including phenoxy) is 1. The molecule has 4 aromatic carbocycles. The highest BCUT2D eigenvalue weighted by Gasteiger charge is 2.46. The maximum atomic E-state index is 14.1. The van der Waals surface area contributed by atoms with Crippen molar-refractivity contribution < 1.29 is 23.8 Å². The quantitative estimate of drug-likeness (QED) is 0.0968. The number of fused-ring (bicyclic) bond motifs is 2. The van der Waals surface area contributed by atoms with E-state index in [0.29, 0.717) is 32.4 Å². The normalized spacial score (nSPS) is 15.0. The summed E-state index contributed by atoms with van der Waals surface area (Å²) >= 11 is 2.76. The third-order valence-electron chi connectivity index (χ3n) is 7.94. The number of Topliss-reactive ketones (excluding diaryl/α,β-unsaturated/α-hetero) is 1. The van der Waals surface area contributed by atoms with Gasteiger partial charge in [-0.3, -0.25) is 14.5 Å². The average molecular weight is 634 g/mol. The van der Waals surface area contributed by atoms with Gasteiger partial charge in [-0.2, -0.15) is 0 Å². The van der Waals surface area contributed by atoms with Crippen LogP contribution in [0.2, 0.25) is 0 Å². The van der Waals surface area contributed by atoms with E-state index < -0.39 is 23.5 Å². The molecule has 0 bridgehead atoms. The zero-order valence-corrected chi connectivity index (χ0v) is 26.0. The zero-order chi connectivity index (χ0) is 31.1. The summed E-state index contributed by atoms with van der Waals surface area (Å²) in [6.45, 7) is 2.05. The Bertz CT molecular complexity index is 2110. The van der Waals surface area contributed by atoms with Crippen molar-refractivity contribution in [1.29, 1.82) is 0 Å². The molecule has 1 unspecified atom stereocenters. The second-order valence-corrected chi connectivity index (χ2v) is 12.7. The highest BCUT2D eigenvalue weighted by Crippen LogP contribution is 2.44. The molecule has 0 saturated heterocycles. The van der Waals surface area contributed by atoms with Crippen LogP contribution in [0.15, 0.2) is 111 Å². The molecule has 0 fully saturated rings. The Labute approximate surface area is 267 Å². The number of para-hydroxylation sites is 1. The van der Waals surface area contributed by atoms with Crippen molar-refractivity contribution in [1.82, 2.24) is 10.2 Å². The van der Waals surface area contributed by atoms with Crippen LogP contribution in [0.5, 0.6) is 5.75 Å². The molecule has 1 aliphatic rings. The van der Waals surface area contributed by atoms with E-state index in [-0.39, 0.29) is 16.5 Å². The lowest BCUT2D eigenvalue weighted by atomic mass is 9.94. The number of hydrogen-bond donors (Lipinski definition) is 1. The van der Waals surface area contributed by atoms with Gasteiger partial charge in [0.2, 0.25) is 10.9 Å². The lowest BCUT2D eigenvalue weighted by molar-refractivity contribution is -0.117. The molecular formula is C35H27N3O5S2. The number of hydrogen-bond acceptors (Lipinski definition) is 9. The molecule has 1 N–H and O–H groups in total. The molecule has 0 radical (unpaired) electrons. The predicted octanol–water partition coefficient (Wildman–Crippen LogP) is 8.08. The van der Waals surface area contributed by atoms with Gasteiger partial charge in [0.15, 0.2) is 27.2 Å². The Hall–Kier alpha value is -4.93. The molecule has 3 heterocycles. The predicted molar refractivity (Wildman–Crippen MR) is 176 cm³/mol. The second-order valence-electron chi connectivity index (χ2n) is 10.5. The number of carbonyl (C=O) groups excluding carboxylic acids is 2. The van der Waals surface area contributed by atoms with Crippen molar-refractivity contribution in [2.45, 2.75) is 29.5 Å². The molecular weight excluding hydrogens is 607 g/mol. The van der Waals surface area contributed by atoms with Gasteiger partial charge in [-0.05, 0) is 46.0 Å². The highest BCUT2D eigenvalue weighted by molar-refractivity contribution is 8.00. The number of benzene rings is 4. The van der Waals surface area contributed by atoms with Gasteiger partial charge in [0, 0.05) is 11.1 Å². The summed E-state index contributed by atoms with van der Waals surface area (Å²) in [6, 6.07) is 28.1. The first kappa shape index (κ1) is 28.8. The van der Waals surface area contributed by atoms with E-state index >= 15 is 0 Å². The number of ketones is 1. The summed E-state index contributed by atoms with van der Waals surface area (Å²) < 4.78 is 12.0. The number of aliphatic hydroxyl groups is 1. The SMILES string of the molecule is CCc1ccc(C2C(C(=O)c3cc4cccc(OC)c4o3)=C(O)C(=O)N2c2nnc(SCc3cccc4ccccc34)s2)cc1. The average Bonchev–Trinajstić information content (AvgIpc) is 3.80. The Morgan fingerprint density at radius 2 is 1.76 bits per heavy atom. The van der Waals surface area contributed by atoms with E-state index in [1.165, 1.54) is 40.5 Å². The summed E-state index contributed by atoms with van der Waals surface area (Å²) in [6.07, 6.45) is 0.828. The van der Waals surface area contributed by atoms with Crippen molar-refractivity contribution in [3.8, 4) is 5.75 Å². The largest absolute Gasteiger partial charge is 0.503 e. The second kappa shape index (κ2) is 11.9. The summed E-state index contributed by atoms with van der Waals surface area (Å²) in [5.74, 6) is -0.835. The van der Waals surface area contributed by atoms with Crippen molar-refractivity contribution in [2.24, 2.45) is 0 Å². The van der Waals surface area contributed by atoms with E-state index in [1.54, 1.807) is 24.3 Å². The van der Waals surface area contributed by atoms with Gasteiger partial charge in [0.05, 0.1) is 18.7 Å². The number of methoxy groups -OCH3 is 1. The maximum Gasteiger partial charge on any atom is 0.296 e. The van der Waals surface area contributed by atoms with E-state index in [0.717, 1.165) is 22.9 Å². The van der Waals surface area contributed by atoms with Gasteiger partial charge in [0.25, 0.3) is 5.91 Å². The van der Waals surface area contributed by atoms with Crippen LogP contribution in [-0.2, 0) is 17.0 Å². The van der Waals surface area contributed by atoms with Crippen LogP contribution in [0.1, 0.15) is 40.2 Å². The molecule has 45 heavy (non-hydrogen) atoms. The Kier molecular flexibility index (Phi) is 7.60. The number of aromatic nitrogens is 2. The molecule has 0 spiro atoms.